The summed E-state index contributed by atoms with van der Waals surface area (Å²) in [5.74, 6) is 0.510. The molecular weight excluding hydrogens is 477 g/mol. The number of carbonyl (C=O) groups excluding carboxylic acids is 1. The topological polar surface area (TPSA) is 72.2 Å². The van der Waals surface area contributed by atoms with Crippen LogP contribution in [0, 0.1) is 6.92 Å². The van der Waals surface area contributed by atoms with Gasteiger partial charge in [-0.05, 0) is 66.6 Å². The highest BCUT2D eigenvalue weighted by molar-refractivity contribution is 7.99. The Bertz CT molecular complexity index is 1290. The minimum Gasteiger partial charge on any atom is -0.272 e. The fraction of sp³-hybridized carbons (Fsp3) is 0.0833. The van der Waals surface area contributed by atoms with Crippen LogP contribution in [0.5, 0.6) is 0 Å². The fourth-order valence-electron chi connectivity index (χ4n) is 3.04. The largest absolute Gasteiger partial charge is 0.272 e. The molecule has 1 amide bonds. The molecule has 6 nitrogen and oxygen atoms in total. The average Bonchev–Trinajstić information content (AvgIpc) is 3.24. The lowest BCUT2D eigenvalue weighted by Crippen LogP contribution is -2.20. The van der Waals surface area contributed by atoms with Crippen LogP contribution in [-0.4, -0.2) is 32.6 Å². The molecular formula is C24H19Cl2N5OS. The smallest absolute Gasteiger partial charge is 0.250 e. The third kappa shape index (κ3) is 5.82. The maximum Gasteiger partial charge on any atom is 0.250 e. The lowest BCUT2D eigenvalue weighted by molar-refractivity contribution is -0.118. The minimum absolute atomic E-state index is 0.122. The van der Waals surface area contributed by atoms with Crippen molar-refractivity contribution in [3.05, 3.63) is 94.0 Å². The van der Waals surface area contributed by atoms with Gasteiger partial charge in [-0.1, -0.05) is 59.2 Å². The van der Waals surface area contributed by atoms with Gasteiger partial charge in [-0.2, -0.15) is 5.10 Å². The van der Waals surface area contributed by atoms with Crippen LogP contribution >= 0.6 is 35.0 Å². The average molecular weight is 496 g/mol. The van der Waals surface area contributed by atoms with Crippen molar-refractivity contribution in [1.82, 2.24) is 20.2 Å². The summed E-state index contributed by atoms with van der Waals surface area (Å²) in [4.78, 5) is 12.4. The first-order valence-electron chi connectivity index (χ1n) is 9.99. The highest BCUT2D eigenvalue weighted by Gasteiger charge is 2.17. The van der Waals surface area contributed by atoms with Crippen molar-refractivity contribution in [1.29, 1.82) is 0 Å². The Hall–Kier alpha value is -3.13. The Morgan fingerprint density at radius 3 is 2.36 bits per heavy atom. The van der Waals surface area contributed by atoms with Crippen LogP contribution in [0.15, 0.2) is 83.1 Å². The van der Waals surface area contributed by atoms with Gasteiger partial charge >= 0.3 is 0 Å². The number of amides is 1. The van der Waals surface area contributed by atoms with Gasteiger partial charge in [0.25, 0.3) is 5.91 Å². The van der Waals surface area contributed by atoms with Crippen LogP contribution in [0.2, 0.25) is 10.0 Å². The quantitative estimate of drug-likeness (QED) is 0.200. The van der Waals surface area contributed by atoms with Gasteiger partial charge in [0, 0.05) is 21.3 Å². The van der Waals surface area contributed by atoms with E-state index in [4.69, 9.17) is 23.2 Å². The van der Waals surface area contributed by atoms with E-state index in [2.05, 4.69) is 20.7 Å². The van der Waals surface area contributed by atoms with Crippen molar-refractivity contribution in [2.45, 2.75) is 12.1 Å². The molecule has 0 bridgehead atoms. The zero-order valence-corrected chi connectivity index (χ0v) is 19.9. The lowest BCUT2D eigenvalue weighted by atomic mass is 10.1. The summed E-state index contributed by atoms with van der Waals surface area (Å²) in [6.45, 7) is 1.99. The molecule has 0 saturated carbocycles. The Labute approximate surface area is 205 Å². The van der Waals surface area contributed by atoms with E-state index >= 15 is 0 Å². The van der Waals surface area contributed by atoms with Crippen molar-refractivity contribution in [2.75, 3.05) is 5.75 Å². The number of rotatable bonds is 7. The van der Waals surface area contributed by atoms with Crippen molar-refractivity contribution < 1.29 is 4.79 Å². The van der Waals surface area contributed by atoms with Crippen molar-refractivity contribution in [2.24, 2.45) is 5.10 Å². The molecule has 0 saturated heterocycles. The summed E-state index contributed by atoms with van der Waals surface area (Å²) in [6, 6.07) is 22.5. The number of nitrogens with one attached hydrogen (secondary N) is 1. The Morgan fingerprint density at radius 2 is 1.67 bits per heavy atom. The summed E-state index contributed by atoms with van der Waals surface area (Å²) in [7, 11) is 0. The van der Waals surface area contributed by atoms with Crippen molar-refractivity contribution in [3.63, 3.8) is 0 Å². The Morgan fingerprint density at radius 1 is 1.00 bits per heavy atom. The number of thioether (sulfide) groups is 1. The Balaban J connectivity index is 1.52. The predicted octanol–water partition coefficient (Wildman–Crippen LogP) is 5.79. The number of carbonyl (C=O) groups is 1. The molecule has 9 heteroatoms. The minimum atomic E-state index is -0.247. The summed E-state index contributed by atoms with van der Waals surface area (Å²) in [5, 5.41) is 14.6. The lowest BCUT2D eigenvalue weighted by Gasteiger charge is -2.10. The normalized spacial score (nSPS) is 11.1. The second-order valence-electron chi connectivity index (χ2n) is 7.06. The zero-order chi connectivity index (χ0) is 23.2. The van der Waals surface area contributed by atoms with Gasteiger partial charge in [0.15, 0.2) is 11.0 Å². The third-order valence-corrected chi connectivity index (χ3v) is 6.17. The van der Waals surface area contributed by atoms with E-state index in [0.29, 0.717) is 21.0 Å². The summed E-state index contributed by atoms with van der Waals surface area (Å²) in [6.07, 6.45) is 1.63. The first-order chi connectivity index (χ1) is 16.0. The molecule has 1 aromatic heterocycles. The molecule has 0 spiro atoms. The van der Waals surface area contributed by atoms with Gasteiger partial charge in [-0.3, -0.25) is 9.36 Å². The zero-order valence-electron chi connectivity index (χ0n) is 17.6. The van der Waals surface area contributed by atoms with Gasteiger partial charge in [-0.15, -0.1) is 10.2 Å². The van der Waals surface area contributed by atoms with Crippen LogP contribution < -0.4 is 5.43 Å². The number of halogens is 2. The second kappa shape index (κ2) is 10.7. The number of benzene rings is 3. The van der Waals surface area contributed by atoms with Crippen molar-refractivity contribution >= 4 is 47.1 Å². The molecule has 4 aromatic rings. The van der Waals surface area contributed by atoms with Gasteiger partial charge in [0.05, 0.1) is 12.0 Å². The van der Waals surface area contributed by atoms with Crippen LogP contribution in [0.1, 0.15) is 11.1 Å². The molecule has 1 heterocycles. The number of hydrogen-bond donors (Lipinski definition) is 1. The SMILES string of the molecule is Cc1ccccc1/C=N\NC(=O)CSc1nnc(-c2ccc(Cl)cc2)n1-c1ccc(Cl)cc1. The predicted molar refractivity (Wildman–Crippen MR) is 134 cm³/mol. The van der Waals surface area contributed by atoms with Gasteiger partial charge < -0.3 is 0 Å². The van der Waals surface area contributed by atoms with E-state index in [0.717, 1.165) is 22.4 Å². The molecule has 0 aliphatic rings. The maximum atomic E-state index is 12.4. The van der Waals surface area contributed by atoms with E-state index in [9.17, 15) is 4.79 Å². The van der Waals surface area contributed by atoms with Gasteiger partial charge in [0.2, 0.25) is 0 Å². The van der Waals surface area contributed by atoms with Crippen LogP contribution in [0.3, 0.4) is 0 Å². The summed E-state index contributed by atoms with van der Waals surface area (Å²) < 4.78 is 1.88. The molecule has 1 N–H and O–H groups in total. The van der Waals surface area contributed by atoms with E-state index in [1.807, 2.05) is 60.0 Å². The molecule has 0 aliphatic carbocycles. The molecule has 0 fully saturated rings. The third-order valence-electron chi connectivity index (χ3n) is 4.73. The fourth-order valence-corrected chi connectivity index (χ4v) is 4.04. The highest BCUT2D eigenvalue weighted by Crippen LogP contribution is 2.29. The molecule has 4 rings (SSSR count). The summed E-state index contributed by atoms with van der Waals surface area (Å²) in [5.41, 5.74) is 6.26. The molecule has 0 aliphatic heterocycles. The molecule has 0 unspecified atom stereocenters. The number of hydrazone groups is 1. The first-order valence-corrected chi connectivity index (χ1v) is 11.7. The monoisotopic (exact) mass is 495 g/mol. The standard InChI is InChI=1S/C24H19Cl2N5OS/c1-16-4-2-3-5-18(16)14-27-28-22(32)15-33-24-30-29-23(17-6-8-19(25)9-7-17)31(24)21-12-10-20(26)11-13-21/h2-14H,15H2,1H3,(H,28,32)/b27-14-. The molecule has 0 atom stereocenters. The number of hydrogen-bond acceptors (Lipinski definition) is 5. The number of aromatic nitrogens is 3. The molecule has 0 radical (unpaired) electrons. The highest BCUT2D eigenvalue weighted by atomic mass is 35.5. The van der Waals surface area contributed by atoms with E-state index < -0.39 is 0 Å². The number of aryl methyl sites for hydroxylation is 1. The van der Waals surface area contributed by atoms with Gasteiger partial charge in [0.1, 0.15) is 0 Å². The Kier molecular flexibility index (Phi) is 7.44. The van der Waals surface area contributed by atoms with E-state index in [1.54, 1.807) is 30.5 Å². The van der Waals surface area contributed by atoms with E-state index in [1.165, 1.54) is 11.8 Å². The second-order valence-corrected chi connectivity index (χ2v) is 8.88. The van der Waals surface area contributed by atoms with Crippen LogP contribution in [0.4, 0.5) is 0 Å². The van der Waals surface area contributed by atoms with E-state index in [-0.39, 0.29) is 11.7 Å². The van der Waals surface area contributed by atoms with Crippen LogP contribution in [-0.2, 0) is 4.79 Å². The number of nitrogens with zero attached hydrogens (tertiary/aromatic N) is 4. The van der Waals surface area contributed by atoms with Gasteiger partial charge in [-0.25, -0.2) is 5.43 Å². The molecule has 33 heavy (non-hydrogen) atoms. The molecule has 166 valence electrons. The maximum absolute atomic E-state index is 12.4. The summed E-state index contributed by atoms with van der Waals surface area (Å²) >= 11 is 13.4. The first kappa shape index (κ1) is 23.0. The van der Waals surface area contributed by atoms with Crippen LogP contribution in [0.25, 0.3) is 17.1 Å². The molecule has 3 aromatic carbocycles. The van der Waals surface area contributed by atoms with Crippen molar-refractivity contribution in [3.8, 4) is 17.1 Å².